The van der Waals surface area contributed by atoms with Crippen LogP contribution in [0.2, 0.25) is 0 Å². The number of Topliss-reactive ketones (excluding diaryl/α,β-unsaturated/α-hetero) is 1. The van der Waals surface area contributed by atoms with E-state index in [0.29, 0.717) is 0 Å². The van der Waals surface area contributed by atoms with Crippen molar-refractivity contribution in [2.45, 2.75) is 26.2 Å². The van der Waals surface area contributed by atoms with E-state index in [2.05, 4.69) is 6.92 Å². The quantitative estimate of drug-likeness (QED) is 0.521. The summed E-state index contributed by atoms with van der Waals surface area (Å²) in [5, 5.41) is 0. The van der Waals surface area contributed by atoms with Gasteiger partial charge in [0.25, 0.3) is 0 Å². The number of ketones is 1. The fraction of sp³-hybridized carbons (Fsp3) is 0.211. The van der Waals surface area contributed by atoms with Crippen molar-refractivity contribution in [2.75, 3.05) is 0 Å². The van der Waals surface area contributed by atoms with E-state index in [9.17, 15) is 4.79 Å². The molecule has 0 spiro atoms. The summed E-state index contributed by atoms with van der Waals surface area (Å²) in [6, 6.07) is 19.6. The average molecular weight is 264 g/mol. The van der Waals surface area contributed by atoms with Crippen LogP contribution in [-0.4, -0.2) is 5.78 Å². The van der Waals surface area contributed by atoms with Gasteiger partial charge in [-0.2, -0.15) is 0 Å². The van der Waals surface area contributed by atoms with Gasteiger partial charge in [0.1, 0.15) is 0 Å². The second-order valence-corrected chi connectivity index (χ2v) is 4.88. The third-order valence-corrected chi connectivity index (χ3v) is 3.27. The van der Waals surface area contributed by atoms with Crippen LogP contribution in [0.1, 0.15) is 42.1 Å². The second kappa shape index (κ2) is 7.44. The summed E-state index contributed by atoms with van der Waals surface area (Å²) in [4.78, 5) is 12.6. The Morgan fingerprint density at radius 1 is 0.950 bits per heavy atom. The number of benzene rings is 2. The molecular formula is C19H20O. The van der Waals surface area contributed by atoms with Crippen LogP contribution in [0, 0.1) is 0 Å². The second-order valence-electron chi connectivity index (χ2n) is 4.88. The molecule has 1 heteroatoms. The molecule has 0 atom stereocenters. The molecule has 0 aliphatic rings. The molecule has 0 radical (unpaired) electrons. The molecule has 0 N–H and O–H groups in total. The van der Waals surface area contributed by atoms with Crippen LogP contribution in [0.25, 0.3) is 6.08 Å². The molecule has 0 saturated carbocycles. The largest absolute Gasteiger partial charge is 0.289 e. The first-order chi connectivity index (χ1) is 9.81. The van der Waals surface area contributed by atoms with Crippen LogP contribution >= 0.6 is 0 Å². The van der Waals surface area contributed by atoms with Crippen LogP contribution in [0.4, 0.5) is 0 Å². The standard InChI is InChI=1S/C19H20O/c1-2-3-12-18(15-16-10-6-4-7-11-16)19(20)17-13-8-5-9-14-17/h4-11,13-15H,2-3,12H2,1H3/b18-15+. The molecule has 0 aromatic heterocycles. The molecule has 0 aliphatic carbocycles. The molecule has 2 rings (SSSR count). The van der Waals surface area contributed by atoms with Crippen molar-refractivity contribution in [3.63, 3.8) is 0 Å². The van der Waals surface area contributed by atoms with Gasteiger partial charge in [-0.15, -0.1) is 0 Å². The summed E-state index contributed by atoms with van der Waals surface area (Å²) < 4.78 is 0. The molecule has 0 aliphatic heterocycles. The van der Waals surface area contributed by atoms with E-state index in [1.165, 1.54) is 0 Å². The first kappa shape index (κ1) is 14.3. The predicted octanol–water partition coefficient (Wildman–Crippen LogP) is 5.14. The normalized spacial score (nSPS) is 11.3. The summed E-state index contributed by atoms with van der Waals surface area (Å²) in [5.74, 6) is 0.142. The predicted molar refractivity (Wildman–Crippen MR) is 84.7 cm³/mol. The molecule has 102 valence electrons. The third kappa shape index (κ3) is 3.92. The Bertz CT molecular complexity index is 567. The minimum absolute atomic E-state index is 0.142. The molecule has 0 fully saturated rings. The number of allylic oxidation sites excluding steroid dienone is 1. The number of hydrogen-bond acceptors (Lipinski definition) is 1. The van der Waals surface area contributed by atoms with Crippen molar-refractivity contribution < 1.29 is 4.79 Å². The van der Waals surface area contributed by atoms with E-state index in [1.807, 2.05) is 66.7 Å². The molecule has 0 unspecified atom stereocenters. The van der Waals surface area contributed by atoms with Gasteiger partial charge in [-0.05, 0) is 24.5 Å². The van der Waals surface area contributed by atoms with Crippen molar-refractivity contribution in [3.8, 4) is 0 Å². The van der Waals surface area contributed by atoms with Crippen molar-refractivity contribution in [1.82, 2.24) is 0 Å². The smallest absolute Gasteiger partial charge is 0.189 e. The molecule has 0 saturated heterocycles. The molecule has 2 aromatic rings. The lowest BCUT2D eigenvalue weighted by atomic mass is 9.97. The topological polar surface area (TPSA) is 17.1 Å². The Morgan fingerprint density at radius 2 is 1.55 bits per heavy atom. The summed E-state index contributed by atoms with van der Waals surface area (Å²) >= 11 is 0. The lowest BCUT2D eigenvalue weighted by molar-refractivity contribution is 0.103. The van der Waals surface area contributed by atoms with Crippen LogP contribution in [0.3, 0.4) is 0 Å². The fourth-order valence-electron chi connectivity index (χ4n) is 2.14. The van der Waals surface area contributed by atoms with E-state index in [-0.39, 0.29) is 5.78 Å². The van der Waals surface area contributed by atoms with Crippen molar-refractivity contribution >= 4 is 11.9 Å². The lowest BCUT2D eigenvalue weighted by Crippen LogP contribution is -2.03. The number of hydrogen-bond donors (Lipinski definition) is 0. The summed E-state index contributed by atoms with van der Waals surface area (Å²) in [6.07, 6.45) is 4.98. The van der Waals surface area contributed by atoms with Crippen LogP contribution in [0.15, 0.2) is 66.2 Å². The van der Waals surface area contributed by atoms with Gasteiger partial charge in [-0.3, -0.25) is 4.79 Å². The Balaban J connectivity index is 2.28. The van der Waals surface area contributed by atoms with Gasteiger partial charge in [-0.1, -0.05) is 74.0 Å². The van der Waals surface area contributed by atoms with E-state index in [1.54, 1.807) is 0 Å². The highest BCUT2D eigenvalue weighted by molar-refractivity contribution is 6.11. The molecule has 2 aromatic carbocycles. The first-order valence-electron chi connectivity index (χ1n) is 7.16. The first-order valence-corrected chi connectivity index (χ1v) is 7.16. The van der Waals surface area contributed by atoms with Crippen LogP contribution in [-0.2, 0) is 0 Å². The molecule has 0 amide bonds. The summed E-state index contributed by atoms with van der Waals surface area (Å²) in [5.41, 5.74) is 2.75. The van der Waals surface area contributed by atoms with Crippen molar-refractivity contribution in [2.24, 2.45) is 0 Å². The highest BCUT2D eigenvalue weighted by Crippen LogP contribution is 2.18. The maximum absolute atomic E-state index is 12.6. The van der Waals surface area contributed by atoms with Gasteiger partial charge in [0, 0.05) is 11.1 Å². The monoisotopic (exact) mass is 264 g/mol. The van der Waals surface area contributed by atoms with Gasteiger partial charge < -0.3 is 0 Å². The van der Waals surface area contributed by atoms with Crippen LogP contribution in [0.5, 0.6) is 0 Å². The maximum atomic E-state index is 12.6. The average Bonchev–Trinajstić information content (AvgIpc) is 2.52. The highest BCUT2D eigenvalue weighted by atomic mass is 16.1. The van der Waals surface area contributed by atoms with Gasteiger partial charge in [0.05, 0.1) is 0 Å². The van der Waals surface area contributed by atoms with Gasteiger partial charge >= 0.3 is 0 Å². The number of rotatable bonds is 6. The van der Waals surface area contributed by atoms with Gasteiger partial charge in [0.15, 0.2) is 5.78 Å². The van der Waals surface area contributed by atoms with Crippen molar-refractivity contribution in [1.29, 1.82) is 0 Å². The molecular weight excluding hydrogens is 244 g/mol. The summed E-state index contributed by atoms with van der Waals surface area (Å²) in [6.45, 7) is 2.15. The maximum Gasteiger partial charge on any atom is 0.189 e. The minimum Gasteiger partial charge on any atom is -0.289 e. The number of unbranched alkanes of at least 4 members (excludes halogenated alkanes) is 1. The fourth-order valence-corrected chi connectivity index (χ4v) is 2.14. The molecule has 0 heterocycles. The van der Waals surface area contributed by atoms with E-state index < -0.39 is 0 Å². The van der Waals surface area contributed by atoms with E-state index in [0.717, 1.165) is 36.0 Å². The Hall–Kier alpha value is -2.15. The van der Waals surface area contributed by atoms with E-state index >= 15 is 0 Å². The zero-order chi connectivity index (χ0) is 14.2. The van der Waals surface area contributed by atoms with Gasteiger partial charge in [0.2, 0.25) is 0 Å². The summed E-state index contributed by atoms with van der Waals surface area (Å²) in [7, 11) is 0. The molecule has 1 nitrogen and oxygen atoms in total. The minimum atomic E-state index is 0.142. The van der Waals surface area contributed by atoms with Crippen molar-refractivity contribution in [3.05, 3.63) is 77.4 Å². The number of carbonyl (C=O) groups excluding carboxylic acids is 1. The lowest BCUT2D eigenvalue weighted by Gasteiger charge is -2.07. The molecule has 0 bridgehead atoms. The van der Waals surface area contributed by atoms with E-state index in [4.69, 9.17) is 0 Å². The third-order valence-electron chi connectivity index (χ3n) is 3.27. The van der Waals surface area contributed by atoms with Crippen LogP contribution < -0.4 is 0 Å². The Labute approximate surface area is 121 Å². The zero-order valence-electron chi connectivity index (χ0n) is 11.9. The Kier molecular flexibility index (Phi) is 5.31. The highest BCUT2D eigenvalue weighted by Gasteiger charge is 2.11. The molecule has 20 heavy (non-hydrogen) atoms. The SMILES string of the molecule is CCCC/C(=C\c1ccccc1)C(=O)c1ccccc1. The zero-order valence-corrected chi connectivity index (χ0v) is 11.9. The Morgan fingerprint density at radius 3 is 2.15 bits per heavy atom. The number of carbonyl (C=O) groups is 1. The van der Waals surface area contributed by atoms with Gasteiger partial charge in [-0.25, -0.2) is 0 Å².